The smallest absolute Gasteiger partial charge is 0.407 e. The molecule has 2 aromatic rings. The Balaban J connectivity index is 1.30. The van der Waals surface area contributed by atoms with Crippen LogP contribution in [-0.4, -0.2) is 61.1 Å². The molecular weight excluding hydrogens is 354 g/mol. The lowest BCUT2D eigenvalue weighted by Crippen LogP contribution is -2.51. The van der Waals surface area contributed by atoms with Crippen molar-refractivity contribution in [2.24, 2.45) is 0 Å². The van der Waals surface area contributed by atoms with Gasteiger partial charge in [-0.15, -0.1) is 0 Å². The topological polar surface area (TPSA) is 61.9 Å². The molecule has 1 fully saturated rings. The molecule has 3 rings (SSSR count). The fourth-order valence-corrected chi connectivity index (χ4v) is 3.19. The summed E-state index contributed by atoms with van der Waals surface area (Å²) in [5, 5.41) is 2.54. The molecule has 0 radical (unpaired) electrons. The molecular formula is C22H27N3O3. The van der Waals surface area contributed by atoms with Gasteiger partial charge in [0.15, 0.2) is 0 Å². The molecule has 148 valence electrons. The molecule has 1 N–H and O–H groups in total. The third kappa shape index (κ3) is 6.39. The minimum atomic E-state index is -0.571. The summed E-state index contributed by atoms with van der Waals surface area (Å²) in [6.07, 6.45) is 0.447. The zero-order valence-electron chi connectivity index (χ0n) is 16.0. The van der Waals surface area contributed by atoms with Crippen LogP contribution in [0.1, 0.15) is 11.1 Å². The number of piperazine rings is 1. The highest BCUT2D eigenvalue weighted by molar-refractivity contribution is 5.82. The van der Waals surface area contributed by atoms with Gasteiger partial charge < -0.3 is 15.0 Å². The number of nitrogens with one attached hydrogen (secondary N) is 1. The SMILES string of the molecule is O=C(NCC(=O)N1CCN(CCc2ccccc2)CC1)OCc1ccccc1. The van der Waals surface area contributed by atoms with E-state index in [-0.39, 0.29) is 19.1 Å². The summed E-state index contributed by atoms with van der Waals surface area (Å²) in [7, 11) is 0. The van der Waals surface area contributed by atoms with Crippen molar-refractivity contribution < 1.29 is 14.3 Å². The van der Waals surface area contributed by atoms with Crippen LogP contribution in [0.15, 0.2) is 60.7 Å². The van der Waals surface area contributed by atoms with Gasteiger partial charge >= 0.3 is 6.09 Å². The molecule has 1 aliphatic heterocycles. The van der Waals surface area contributed by atoms with E-state index in [2.05, 4.69) is 34.5 Å². The maximum absolute atomic E-state index is 12.3. The van der Waals surface area contributed by atoms with Crippen LogP contribution in [0.5, 0.6) is 0 Å². The third-order valence-electron chi connectivity index (χ3n) is 4.88. The van der Waals surface area contributed by atoms with E-state index in [4.69, 9.17) is 4.74 Å². The second-order valence-corrected chi connectivity index (χ2v) is 6.87. The Labute approximate surface area is 166 Å². The number of rotatable bonds is 7. The second kappa shape index (κ2) is 10.5. The number of hydrogen-bond donors (Lipinski definition) is 1. The van der Waals surface area contributed by atoms with Crippen molar-refractivity contribution in [1.82, 2.24) is 15.1 Å². The predicted octanol–water partition coefficient (Wildman–Crippen LogP) is 2.30. The van der Waals surface area contributed by atoms with Crippen molar-refractivity contribution >= 4 is 12.0 Å². The molecule has 28 heavy (non-hydrogen) atoms. The van der Waals surface area contributed by atoms with Crippen molar-refractivity contribution in [3.8, 4) is 0 Å². The maximum Gasteiger partial charge on any atom is 0.407 e. The van der Waals surface area contributed by atoms with Crippen LogP contribution in [-0.2, 0) is 22.6 Å². The van der Waals surface area contributed by atoms with Gasteiger partial charge in [0.25, 0.3) is 0 Å². The van der Waals surface area contributed by atoms with Crippen LogP contribution < -0.4 is 5.32 Å². The molecule has 6 heteroatoms. The highest BCUT2D eigenvalue weighted by atomic mass is 16.5. The Hall–Kier alpha value is -2.86. The van der Waals surface area contributed by atoms with Crippen molar-refractivity contribution in [3.05, 3.63) is 71.8 Å². The fraction of sp³-hybridized carbons (Fsp3) is 0.364. The summed E-state index contributed by atoms with van der Waals surface area (Å²) >= 11 is 0. The zero-order chi connectivity index (χ0) is 19.6. The van der Waals surface area contributed by atoms with E-state index in [9.17, 15) is 9.59 Å². The highest BCUT2D eigenvalue weighted by Crippen LogP contribution is 2.06. The number of benzene rings is 2. The van der Waals surface area contributed by atoms with E-state index in [0.717, 1.165) is 31.6 Å². The normalized spacial score (nSPS) is 14.5. The molecule has 0 spiro atoms. The van der Waals surface area contributed by atoms with Gasteiger partial charge in [-0.3, -0.25) is 9.69 Å². The van der Waals surface area contributed by atoms with Crippen LogP contribution in [0.2, 0.25) is 0 Å². The molecule has 0 aromatic heterocycles. The van der Waals surface area contributed by atoms with Gasteiger partial charge in [0.05, 0.1) is 0 Å². The number of hydrogen-bond acceptors (Lipinski definition) is 4. The summed E-state index contributed by atoms with van der Waals surface area (Å²) in [6, 6.07) is 19.9. The van der Waals surface area contributed by atoms with E-state index in [1.165, 1.54) is 5.56 Å². The summed E-state index contributed by atoms with van der Waals surface area (Å²) < 4.78 is 5.13. The molecule has 1 saturated heterocycles. The van der Waals surface area contributed by atoms with Gasteiger partial charge in [-0.1, -0.05) is 60.7 Å². The zero-order valence-corrected chi connectivity index (χ0v) is 16.0. The maximum atomic E-state index is 12.3. The van der Waals surface area contributed by atoms with E-state index < -0.39 is 6.09 Å². The predicted molar refractivity (Wildman–Crippen MR) is 108 cm³/mol. The number of alkyl carbamates (subject to hydrolysis) is 1. The van der Waals surface area contributed by atoms with Gasteiger partial charge in [0.1, 0.15) is 13.2 Å². The van der Waals surface area contributed by atoms with E-state index in [1.807, 2.05) is 36.4 Å². The van der Waals surface area contributed by atoms with Gasteiger partial charge in [-0.05, 0) is 17.5 Å². The molecule has 0 bridgehead atoms. The number of carbonyl (C=O) groups excluding carboxylic acids is 2. The lowest BCUT2D eigenvalue weighted by molar-refractivity contribution is -0.131. The average molecular weight is 381 g/mol. The Morgan fingerprint density at radius 3 is 2.11 bits per heavy atom. The fourth-order valence-electron chi connectivity index (χ4n) is 3.19. The highest BCUT2D eigenvalue weighted by Gasteiger charge is 2.21. The first-order chi connectivity index (χ1) is 13.7. The van der Waals surface area contributed by atoms with Crippen LogP contribution in [0.25, 0.3) is 0 Å². The van der Waals surface area contributed by atoms with Crippen molar-refractivity contribution in [2.75, 3.05) is 39.3 Å². The van der Waals surface area contributed by atoms with E-state index in [1.54, 1.807) is 4.90 Å². The van der Waals surface area contributed by atoms with E-state index >= 15 is 0 Å². The van der Waals surface area contributed by atoms with Crippen molar-refractivity contribution in [2.45, 2.75) is 13.0 Å². The van der Waals surface area contributed by atoms with Crippen molar-refractivity contribution in [1.29, 1.82) is 0 Å². The van der Waals surface area contributed by atoms with E-state index in [0.29, 0.717) is 13.1 Å². The van der Waals surface area contributed by atoms with Crippen molar-refractivity contribution in [3.63, 3.8) is 0 Å². The summed E-state index contributed by atoms with van der Waals surface area (Å²) in [6.45, 7) is 4.26. The largest absolute Gasteiger partial charge is 0.445 e. The summed E-state index contributed by atoms with van der Waals surface area (Å²) in [4.78, 5) is 28.2. The molecule has 0 atom stereocenters. The lowest BCUT2D eigenvalue weighted by Gasteiger charge is -2.34. The van der Waals surface area contributed by atoms with Gasteiger partial charge in [-0.25, -0.2) is 4.79 Å². The molecule has 1 aliphatic rings. The first-order valence-electron chi connectivity index (χ1n) is 9.69. The first kappa shape index (κ1) is 19.9. The first-order valence-corrected chi connectivity index (χ1v) is 9.69. The Kier molecular flexibility index (Phi) is 7.44. The quantitative estimate of drug-likeness (QED) is 0.799. The Bertz CT molecular complexity index is 744. The van der Waals surface area contributed by atoms with Crippen LogP contribution in [0, 0.1) is 0 Å². The third-order valence-corrected chi connectivity index (χ3v) is 4.88. The summed E-state index contributed by atoms with van der Waals surface area (Å²) in [5.41, 5.74) is 2.25. The monoisotopic (exact) mass is 381 g/mol. The standard InChI is InChI=1S/C22H27N3O3/c26-21(17-23-22(27)28-18-20-9-5-2-6-10-20)25-15-13-24(14-16-25)12-11-19-7-3-1-4-8-19/h1-10H,11-18H2,(H,23,27). The number of ether oxygens (including phenoxy) is 1. The molecule has 6 nitrogen and oxygen atoms in total. The molecule has 0 aliphatic carbocycles. The minimum Gasteiger partial charge on any atom is -0.445 e. The number of carbonyl (C=O) groups is 2. The molecule has 0 saturated carbocycles. The molecule has 0 unspecified atom stereocenters. The minimum absolute atomic E-state index is 0.0301. The van der Waals surface area contributed by atoms with Gasteiger partial charge in [0.2, 0.25) is 5.91 Å². The Morgan fingerprint density at radius 2 is 1.46 bits per heavy atom. The Morgan fingerprint density at radius 1 is 0.857 bits per heavy atom. The van der Waals surface area contributed by atoms with Gasteiger partial charge in [0, 0.05) is 32.7 Å². The van der Waals surface area contributed by atoms with Crippen LogP contribution in [0.3, 0.4) is 0 Å². The summed E-state index contributed by atoms with van der Waals surface area (Å²) in [5.74, 6) is -0.0700. The van der Waals surface area contributed by atoms with Gasteiger partial charge in [-0.2, -0.15) is 0 Å². The number of nitrogens with zero attached hydrogens (tertiary/aromatic N) is 2. The molecule has 2 amide bonds. The average Bonchev–Trinajstić information content (AvgIpc) is 2.76. The van der Waals surface area contributed by atoms with Crippen LogP contribution >= 0.6 is 0 Å². The van der Waals surface area contributed by atoms with Crippen LogP contribution in [0.4, 0.5) is 4.79 Å². The second-order valence-electron chi connectivity index (χ2n) is 6.87. The molecule has 2 aromatic carbocycles. The lowest BCUT2D eigenvalue weighted by atomic mass is 10.1. The molecule has 1 heterocycles. The number of amides is 2.